The van der Waals surface area contributed by atoms with Crippen molar-refractivity contribution in [2.75, 3.05) is 7.11 Å². The molecule has 0 saturated carbocycles. The third-order valence-corrected chi connectivity index (χ3v) is 4.05. The van der Waals surface area contributed by atoms with E-state index in [0.717, 1.165) is 12.0 Å². The maximum absolute atomic E-state index is 12.3. The van der Waals surface area contributed by atoms with E-state index in [0.29, 0.717) is 23.9 Å². The number of hydrogen-bond donors (Lipinski definition) is 1. The average Bonchev–Trinajstić information content (AvgIpc) is 2.75. The fraction of sp³-hybridized carbons (Fsp3) is 0.238. The molecule has 8 heteroatoms. The van der Waals surface area contributed by atoms with Crippen LogP contribution >= 0.6 is 0 Å². The van der Waals surface area contributed by atoms with Gasteiger partial charge >= 0.3 is 0 Å². The number of hydrogen-bond acceptors (Lipinski definition) is 6. The van der Waals surface area contributed by atoms with Crippen LogP contribution in [0, 0.1) is 0 Å². The number of aryl methyl sites for hydroxylation is 1. The van der Waals surface area contributed by atoms with Gasteiger partial charge in [-0.05, 0) is 30.2 Å². The predicted octanol–water partition coefficient (Wildman–Crippen LogP) is 2.78. The Kier molecular flexibility index (Phi) is 6.57. The van der Waals surface area contributed by atoms with Gasteiger partial charge in [-0.3, -0.25) is 9.59 Å². The van der Waals surface area contributed by atoms with E-state index in [4.69, 9.17) is 9.47 Å². The molecule has 1 aromatic carbocycles. The molecule has 0 aliphatic heterocycles. The maximum Gasteiger partial charge on any atom is 0.271 e. The van der Waals surface area contributed by atoms with Crippen LogP contribution in [0.1, 0.15) is 29.4 Å². The van der Waals surface area contributed by atoms with Gasteiger partial charge in [-0.15, -0.1) is 0 Å². The predicted molar refractivity (Wildman–Crippen MR) is 107 cm³/mol. The maximum atomic E-state index is 12.3. The summed E-state index contributed by atoms with van der Waals surface area (Å²) in [6.45, 7) is 2.69. The van der Waals surface area contributed by atoms with E-state index in [-0.39, 0.29) is 23.7 Å². The van der Waals surface area contributed by atoms with Crippen LogP contribution in [-0.2, 0) is 13.1 Å². The Balaban J connectivity index is 1.59. The van der Waals surface area contributed by atoms with Gasteiger partial charge in [0.2, 0.25) is 5.88 Å². The molecular formula is C21H22N4O4. The van der Waals surface area contributed by atoms with E-state index in [1.165, 1.54) is 16.8 Å². The molecule has 0 fully saturated rings. The highest BCUT2D eigenvalue weighted by atomic mass is 16.5. The Labute approximate surface area is 168 Å². The number of carbonyl (C=O) groups is 1. The summed E-state index contributed by atoms with van der Waals surface area (Å²) in [6.07, 6.45) is 2.38. The summed E-state index contributed by atoms with van der Waals surface area (Å²) in [5.41, 5.74) is 0.779. The van der Waals surface area contributed by atoms with Crippen molar-refractivity contribution in [3.63, 3.8) is 0 Å². The molecule has 0 spiro atoms. The quantitative estimate of drug-likeness (QED) is 0.631. The highest BCUT2D eigenvalue weighted by molar-refractivity contribution is 5.91. The van der Waals surface area contributed by atoms with Crippen molar-refractivity contribution in [3.8, 4) is 17.4 Å². The molecule has 3 rings (SSSR count). The van der Waals surface area contributed by atoms with E-state index < -0.39 is 0 Å². The van der Waals surface area contributed by atoms with Crippen LogP contribution in [-0.4, -0.2) is 27.8 Å². The van der Waals surface area contributed by atoms with Crippen LogP contribution in [0.15, 0.2) is 59.5 Å². The van der Waals surface area contributed by atoms with Crippen molar-refractivity contribution in [2.45, 2.75) is 26.4 Å². The summed E-state index contributed by atoms with van der Waals surface area (Å²) < 4.78 is 12.2. The first-order valence-corrected chi connectivity index (χ1v) is 9.22. The highest BCUT2D eigenvalue weighted by Gasteiger charge is 2.09. The first kappa shape index (κ1) is 20.1. The van der Waals surface area contributed by atoms with E-state index in [2.05, 4.69) is 15.4 Å². The molecule has 0 radical (unpaired) electrons. The Bertz CT molecular complexity index is 1030. The third kappa shape index (κ3) is 5.41. The normalized spacial score (nSPS) is 10.4. The minimum Gasteiger partial charge on any atom is -0.497 e. The van der Waals surface area contributed by atoms with Gasteiger partial charge in [-0.25, -0.2) is 9.67 Å². The summed E-state index contributed by atoms with van der Waals surface area (Å²) in [5, 5.41) is 6.87. The summed E-state index contributed by atoms with van der Waals surface area (Å²) >= 11 is 0. The van der Waals surface area contributed by atoms with Crippen molar-refractivity contribution < 1.29 is 14.3 Å². The second kappa shape index (κ2) is 9.50. The monoisotopic (exact) mass is 394 g/mol. The Morgan fingerprint density at radius 1 is 1.14 bits per heavy atom. The topological polar surface area (TPSA) is 95.3 Å². The fourth-order valence-electron chi connectivity index (χ4n) is 2.58. The second-order valence-corrected chi connectivity index (χ2v) is 6.25. The van der Waals surface area contributed by atoms with Crippen molar-refractivity contribution in [1.82, 2.24) is 20.1 Å². The molecule has 1 N–H and O–H groups in total. The minimum atomic E-state index is -0.355. The van der Waals surface area contributed by atoms with Crippen LogP contribution in [0.25, 0.3) is 0 Å². The van der Waals surface area contributed by atoms with Gasteiger partial charge in [0.15, 0.2) is 0 Å². The summed E-state index contributed by atoms with van der Waals surface area (Å²) in [7, 11) is 1.59. The first-order chi connectivity index (χ1) is 14.1. The number of amides is 1. The lowest BCUT2D eigenvalue weighted by Crippen LogP contribution is -2.29. The number of aromatic nitrogens is 3. The molecule has 1 amide bonds. The highest BCUT2D eigenvalue weighted by Crippen LogP contribution is 2.23. The number of ether oxygens (including phenoxy) is 2. The van der Waals surface area contributed by atoms with Gasteiger partial charge in [0.1, 0.15) is 17.2 Å². The molecule has 29 heavy (non-hydrogen) atoms. The van der Waals surface area contributed by atoms with Crippen molar-refractivity contribution in [2.24, 2.45) is 0 Å². The number of rotatable bonds is 8. The average molecular weight is 394 g/mol. The van der Waals surface area contributed by atoms with E-state index in [9.17, 15) is 9.59 Å². The molecule has 0 saturated heterocycles. The molecule has 0 atom stereocenters. The molecule has 2 aromatic heterocycles. The Morgan fingerprint density at radius 3 is 2.69 bits per heavy atom. The zero-order chi connectivity index (χ0) is 20.6. The summed E-state index contributed by atoms with van der Waals surface area (Å²) in [4.78, 5) is 28.3. The second-order valence-electron chi connectivity index (χ2n) is 6.25. The molecule has 3 aromatic rings. The fourth-order valence-corrected chi connectivity index (χ4v) is 2.58. The summed E-state index contributed by atoms with van der Waals surface area (Å²) in [6, 6.07) is 13.5. The van der Waals surface area contributed by atoms with E-state index >= 15 is 0 Å². The van der Waals surface area contributed by atoms with E-state index in [1.807, 2.05) is 31.2 Å². The number of pyridine rings is 1. The lowest BCUT2D eigenvalue weighted by Gasteiger charge is -2.09. The van der Waals surface area contributed by atoms with Gasteiger partial charge in [0.25, 0.3) is 11.5 Å². The zero-order valence-electron chi connectivity index (χ0n) is 16.3. The smallest absolute Gasteiger partial charge is 0.271 e. The number of methoxy groups -OCH3 is 1. The van der Waals surface area contributed by atoms with Gasteiger partial charge in [-0.1, -0.05) is 19.1 Å². The van der Waals surface area contributed by atoms with Crippen LogP contribution in [0.4, 0.5) is 0 Å². The zero-order valence-corrected chi connectivity index (χ0v) is 16.3. The largest absolute Gasteiger partial charge is 0.497 e. The molecule has 150 valence electrons. The molecule has 2 heterocycles. The number of nitrogens with one attached hydrogen (secondary N) is 1. The first-order valence-electron chi connectivity index (χ1n) is 9.22. The van der Waals surface area contributed by atoms with Gasteiger partial charge < -0.3 is 14.8 Å². The Hall–Kier alpha value is -3.68. The minimum absolute atomic E-state index is 0.198. The Morgan fingerprint density at radius 2 is 1.97 bits per heavy atom. The van der Waals surface area contributed by atoms with Gasteiger partial charge in [-0.2, -0.15) is 5.10 Å². The van der Waals surface area contributed by atoms with Crippen molar-refractivity contribution in [3.05, 3.63) is 76.3 Å². The molecule has 0 bridgehead atoms. The number of benzene rings is 1. The van der Waals surface area contributed by atoms with Crippen LogP contribution in [0.2, 0.25) is 0 Å². The number of carbonyl (C=O) groups excluding carboxylic acids is 1. The van der Waals surface area contributed by atoms with Crippen molar-refractivity contribution in [1.29, 1.82) is 0 Å². The van der Waals surface area contributed by atoms with Gasteiger partial charge in [0, 0.05) is 37.5 Å². The van der Waals surface area contributed by atoms with Crippen LogP contribution < -0.4 is 20.3 Å². The van der Waals surface area contributed by atoms with Crippen molar-refractivity contribution >= 4 is 5.91 Å². The van der Waals surface area contributed by atoms with E-state index in [1.54, 1.807) is 25.4 Å². The molecule has 0 aliphatic carbocycles. The molecule has 8 nitrogen and oxygen atoms in total. The van der Waals surface area contributed by atoms with Crippen LogP contribution in [0.3, 0.4) is 0 Å². The summed E-state index contributed by atoms with van der Waals surface area (Å²) in [5.74, 6) is 1.39. The third-order valence-electron chi connectivity index (χ3n) is 4.05. The lowest BCUT2D eigenvalue weighted by atomic mass is 10.2. The molecular weight excluding hydrogens is 372 g/mol. The SMILES string of the molecule is CCCn1nc(C(=O)NCc2ccc(Oc3cccc(OC)c3)nc2)ccc1=O. The molecule has 0 unspecified atom stereocenters. The van der Waals surface area contributed by atoms with Crippen LogP contribution in [0.5, 0.6) is 17.4 Å². The van der Waals surface area contributed by atoms with Gasteiger partial charge in [0.05, 0.1) is 7.11 Å². The molecule has 0 aliphatic rings. The lowest BCUT2D eigenvalue weighted by molar-refractivity contribution is 0.0943. The number of nitrogens with zero attached hydrogens (tertiary/aromatic N) is 3. The standard InChI is InChI=1S/C21H22N4O4/c1-3-11-25-20(26)10-8-18(24-25)21(27)23-14-15-7-9-19(22-13-15)29-17-6-4-5-16(12-17)28-2/h4-10,12-13H,3,11,14H2,1-2H3,(H,23,27).